The molecule has 0 unspecified atom stereocenters. The van der Waals surface area contributed by atoms with Crippen molar-refractivity contribution in [3.05, 3.63) is 49.6 Å². The van der Waals surface area contributed by atoms with Crippen molar-refractivity contribution in [3.63, 3.8) is 0 Å². The minimum atomic E-state index is 0. The van der Waals surface area contributed by atoms with E-state index in [0.29, 0.717) is 0 Å². The first-order chi connectivity index (χ1) is 4.00. The minimum Gasteiger partial charge on any atom is -0.114 e. The number of hydrogen-bond acceptors (Lipinski definition) is 0. The highest BCUT2D eigenvalue weighted by atomic mass is 79.9. The van der Waals surface area contributed by atoms with E-state index in [1.54, 1.807) is 0 Å². The summed E-state index contributed by atoms with van der Waals surface area (Å²) in [5.74, 6) is 0. The first kappa shape index (κ1) is 16.5. The lowest BCUT2D eigenvalue weighted by atomic mass is 10.4. The molecule has 0 aromatic heterocycles. The molecule has 2 heteroatoms. The molecule has 0 radical (unpaired) electrons. The average molecular weight is 268 g/mol. The van der Waals surface area contributed by atoms with Crippen LogP contribution >= 0.6 is 34.0 Å². The quantitative estimate of drug-likeness (QED) is 0.630. The lowest BCUT2D eigenvalue weighted by Gasteiger charge is -1.69. The molecular weight excluding hydrogens is 256 g/mol. The molecule has 58 valence electrons. The normalized spacial score (nSPS) is 5.20. The van der Waals surface area contributed by atoms with Gasteiger partial charge in [0.1, 0.15) is 0 Å². The van der Waals surface area contributed by atoms with Crippen LogP contribution in [-0.4, -0.2) is 0 Å². The van der Waals surface area contributed by atoms with Gasteiger partial charge < -0.3 is 0 Å². The summed E-state index contributed by atoms with van der Waals surface area (Å²) in [7, 11) is 0. The molecule has 0 nitrogen and oxygen atoms in total. The maximum absolute atomic E-state index is 3.00. The van der Waals surface area contributed by atoms with Gasteiger partial charge in [0.05, 0.1) is 0 Å². The van der Waals surface area contributed by atoms with Gasteiger partial charge in [-0.2, -0.15) is 0 Å². The van der Waals surface area contributed by atoms with Gasteiger partial charge >= 0.3 is 0 Å². The van der Waals surface area contributed by atoms with Crippen molar-refractivity contribution < 1.29 is 0 Å². The van der Waals surface area contributed by atoms with E-state index in [4.69, 9.17) is 0 Å². The van der Waals surface area contributed by atoms with E-state index < -0.39 is 0 Å². The standard InChI is InChI=1S/C6H6.C2H4.2BrH/c1-2-4-6-5-3-1;1-2;;/h1-6H;1-2H2;2*1H. The van der Waals surface area contributed by atoms with E-state index in [1.807, 2.05) is 36.4 Å². The Kier molecular flexibility index (Phi) is 26.3. The van der Waals surface area contributed by atoms with Gasteiger partial charge in [-0.05, 0) is 0 Å². The zero-order chi connectivity index (χ0) is 6.24. The monoisotopic (exact) mass is 266 g/mol. The van der Waals surface area contributed by atoms with Gasteiger partial charge in [-0.25, -0.2) is 0 Å². The van der Waals surface area contributed by atoms with Crippen molar-refractivity contribution in [1.82, 2.24) is 0 Å². The predicted molar refractivity (Wildman–Crippen MR) is 58.3 cm³/mol. The Morgan fingerprint density at radius 2 is 0.600 bits per heavy atom. The summed E-state index contributed by atoms with van der Waals surface area (Å²) in [4.78, 5) is 0. The second-order valence-corrected chi connectivity index (χ2v) is 1.15. The summed E-state index contributed by atoms with van der Waals surface area (Å²) in [6.45, 7) is 6.00. The number of benzene rings is 1. The lowest BCUT2D eigenvalue weighted by molar-refractivity contribution is 1.72. The highest BCUT2D eigenvalue weighted by molar-refractivity contribution is 8.93. The molecule has 0 heterocycles. The summed E-state index contributed by atoms with van der Waals surface area (Å²) < 4.78 is 0. The third-order valence-corrected chi connectivity index (χ3v) is 0.667. The van der Waals surface area contributed by atoms with Crippen LogP contribution in [0.5, 0.6) is 0 Å². The summed E-state index contributed by atoms with van der Waals surface area (Å²) >= 11 is 0. The first-order valence-corrected chi connectivity index (χ1v) is 2.50. The predicted octanol–water partition coefficient (Wildman–Crippen LogP) is 3.64. The molecule has 0 bridgehead atoms. The van der Waals surface area contributed by atoms with E-state index in [9.17, 15) is 0 Å². The highest BCUT2D eigenvalue weighted by Crippen LogP contribution is 1.79. The fraction of sp³-hybridized carbons (Fsp3) is 0. The Labute approximate surface area is 83.5 Å². The topological polar surface area (TPSA) is 0 Å². The fourth-order valence-electron chi connectivity index (χ4n) is 0.385. The zero-order valence-electron chi connectivity index (χ0n) is 5.69. The van der Waals surface area contributed by atoms with Crippen molar-refractivity contribution in [2.45, 2.75) is 0 Å². The van der Waals surface area contributed by atoms with Crippen molar-refractivity contribution >= 4 is 34.0 Å². The summed E-state index contributed by atoms with van der Waals surface area (Å²) in [5, 5.41) is 0. The lowest BCUT2D eigenvalue weighted by Crippen LogP contribution is -1.47. The van der Waals surface area contributed by atoms with Gasteiger partial charge in [-0.1, -0.05) is 36.4 Å². The molecule has 0 spiro atoms. The average Bonchev–Trinajstić information content (AvgIpc) is 1.96. The second kappa shape index (κ2) is 16.0. The third-order valence-electron chi connectivity index (χ3n) is 0.667. The Bertz CT molecular complexity index is 90.1. The number of hydrogen-bond donors (Lipinski definition) is 0. The van der Waals surface area contributed by atoms with Crippen molar-refractivity contribution in [3.8, 4) is 0 Å². The molecule has 1 aromatic carbocycles. The van der Waals surface area contributed by atoms with Gasteiger partial charge in [-0.15, -0.1) is 47.1 Å². The second-order valence-electron chi connectivity index (χ2n) is 1.15. The van der Waals surface area contributed by atoms with Gasteiger partial charge in [0.15, 0.2) is 0 Å². The third kappa shape index (κ3) is 10.8. The molecule has 0 aliphatic rings. The van der Waals surface area contributed by atoms with Gasteiger partial charge in [0.25, 0.3) is 0 Å². The smallest absolute Gasteiger partial charge is 0.0623 e. The Morgan fingerprint density at radius 1 is 0.500 bits per heavy atom. The molecule has 0 N–H and O–H groups in total. The van der Waals surface area contributed by atoms with Crippen LogP contribution in [0.15, 0.2) is 49.6 Å². The van der Waals surface area contributed by atoms with E-state index in [-0.39, 0.29) is 34.0 Å². The largest absolute Gasteiger partial charge is 0.114 e. The molecule has 0 saturated heterocycles. The van der Waals surface area contributed by atoms with Crippen LogP contribution in [-0.2, 0) is 0 Å². The van der Waals surface area contributed by atoms with Crippen LogP contribution in [0.4, 0.5) is 0 Å². The Hall–Kier alpha value is -0.0800. The molecule has 0 aliphatic carbocycles. The highest BCUT2D eigenvalue weighted by Gasteiger charge is 1.57. The molecule has 0 fully saturated rings. The SMILES string of the molecule is Br.Br.C=C.c1ccccc1. The van der Waals surface area contributed by atoms with E-state index in [1.165, 1.54) is 0 Å². The van der Waals surface area contributed by atoms with Gasteiger partial charge in [0, 0.05) is 0 Å². The number of rotatable bonds is 0. The van der Waals surface area contributed by atoms with Crippen LogP contribution < -0.4 is 0 Å². The molecule has 1 rings (SSSR count). The molecular formula is C8H12Br2. The summed E-state index contributed by atoms with van der Waals surface area (Å²) in [6, 6.07) is 12.0. The first-order valence-electron chi connectivity index (χ1n) is 2.50. The summed E-state index contributed by atoms with van der Waals surface area (Å²) in [6.07, 6.45) is 0. The maximum atomic E-state index is 3.00. The molecule has 1 aromatic rings. The maximum Gasteiger partial charge on any atom is -0.0623 e. The zero-order valence-corrected chi connectivity index (χ0v) is 9.12. The molecule has 0 aliphatic heterocycles. The van der Waals surface area contributed by atoms with E-state index in [2.05, 4.69) is 13.2 Å². The molecule has 0 saturated carbocycles. The number of halogens is 2. The summed E-state index contributed by atoms with van der Waals surface area (Å²) in [5.41, 5.74) is 0. The van der Waals surface area contributed by atoms with Gasteiger partial charge in [0.2, 0.25) is 0 Å². The van der Waals surface area contributed by atoms with Crippen LogP contribution in [0.3, 0.4) is 0 Å². The van der Waals surface area contributed by atoms with Gasteiger partial charge in [-0.3, -0.25) is 0 Å². The van der Waals surface area contributed by atoms with E-state index >= 15 is 0 Å². The minimum absolute atomic E-state index is 0. The van der Waals surface area contributed by atoms with Crippen LogP contribution in [0, 0.1) is 0 Å². The Morgan fingerprint density at radius 3 is 0.700 bits per heavy atom. The van der Waals surface area contributed by atoms with Crippen LogP contribution in [0.25, 0.3) is 0 Å². The van der Waals surface area contributed by atoms with Crippen molar-refractivity contribution in [2.24, 2.45) is 0 Å². The Balaban J connectivity index is -0.000000114. The molecule has 0 atom stereocenters. The van der Waals surface area contributed by atoms with Crippen LogP contribution in [0.1, 0.15) is 0 Å². The van der Waals surface area contributed by atoms with Crippen molar-refractivity contribution in [1.29, 1.82) is 0 Å². The fourth-order valence-corrected chi connectivity index (χ4v) is 0.385. The molecule has 10 heavy (non-hydrogen) atoms. The van der Waals surface area contributed by atoms with E-state index in [0.717, 1.165) is 0 Å². The van der Waals surface area contributed by atoms with Crippen LogP contribution in [0.2, 0.25) is 0 Å². The molecule has 0 amide bonds. The van der Waals surface area contributed by atoms with Crippen molar-refractivity contribution in [2.75, 3.05) is 0 Å².